The predicted molar refractivity (Wildman–Crippen MR) is 78.1 cm³/mol. The van der Waals surface area contributed by atoms with E-state index in [-0.39, 0.29) is 11.9 Å². The van der Waals surface area contributed by atoms with Crippen molar-refractivity contribution in [3.8, 4) is 0 Å². The zero-order chi connectivity index (χ0) is 13.8. The summed E-state index contributed by atoms with van der Waals surface area (Å²) in [4.78, 5) is 16.3. The van der Waals surface area contributed by atoms with Crippen LogP contribution in [0.1, 0.15) is 39.5 Å². The number of likely N-dealkylation sites (N-methyl/N-ethyl adjacent to an activating group) is 1. The average molecular weight is 267 g/mol. The lowest BCUT2D eigenvalue weighted by Gasteiger charge is -2.35. The van der Waals surface area contributed by atoms with Gasteiger partial charge in [0.25, 0.3) is 0 Å². The maximum atomic E-state index is 11.9. The van der Waals surface area contributed by atoms with Crippen LogP contribution in [0.3, 0.4) is 0 Å². The molecule has 4 heteroatoms. The summed E-state index contributed by atoms with van der Waals surface area (Å²) in [5, 5.41) is 3.57. The molecule has 2 heterocycles. The normalized spacial score (nSPS) is 28.1. The lowest BCUT2D eigenvalue weighted by molar-refractivity contribution is -0.128. The molecule has 4 nitrogen and oxygen atoms in total. The maximum absolute atomic E-state index is 11.9. The van der Waals surface area contributed by atoms with E-state index in [1.165, 1.54) is 38.9 Å². The first-order valence-electron chi connectivity index (χ1n) is 7.85. The van der Waals surface area contributed by atoms with E-state index in [9.17, 15) is 4.79 Å². The van der Waals surface area contributed by atoms with E-state index in [0.29, 0.717) is 6.04 Å². The molecule has 2 aliphatic heterocycles. The van der Waals surface area contributed by atoms with E-state index < -0.39 is 0 Å². The third-order valence-electron chi connectivity index (χ3n) is 4.77. The number of rotatable bonds is 5. The summed E-state index contributed by atoms with van der Waals surface area (Å²) in [5.41, 5.74) is 0. The summed E-state index contributed by atoms with van der Waals surface area (Å²) in [6.45, 7) is 9.09. The molecule has 0 spiro atoms. The van der Waals surface area contributed by atoms with Gasteiger partial charge in [-0.2, -0.15) is 0 Å². The number of piperidine rings is 1. The SMILES string of the molecule is CCCN1CCC(C(C)NC2CCN(C)C2=O)CC1. The van der Waals surface area contributed by atoms with Crippen molar-refractivity contribution in [3.63, 3.8) is 0 Å². The number of carbonyl (C=O) groups excluding carboxylic acids is 1. The van der Waals surface area contributed by atoms with Crippen LogP contribution in [-0.2, 0) is 4.79 Å². The molecule has 2 saturated heterocycles. The van der Waals surface area contributed by atoms with Gasteiger partial charge in [-0.25, -0.2) is 0 Å². The number of amides is 1. The van der Waals surface area contributed by atoms with Gasteiger partial charge in [0.1, 0.15) is 0 Å². The van der Waals surface area contributed by atoms with Gasteiger partial charge < -0.3 is 15.1 Å². The molecule has 2 aliphatic rings. The second-order valence-electron chi connectivity index (χ2n) is 6.24. The number of hydrogen-bond donors (Lipinski definition) is 1. The van der Waals surface area contributed by atoms with Crippen molar-refractivity contribution >= 4 is 5.91 Å². The van der Waals surface area contributed by atoms with Crippen LogP contribution in [0, 0.1) is 5.92 Å². The number of likely N-dealkylation sites (tertiary alicyclic amines) is 2. The van der Waals surface area contributed by atoms with Crippen LogP contribution in [0.25, 0.3) is 0 Å². The quantitative estimate of drug-likeness (QED) is 0.816. The van der Waals surface area contributed by atoms with Crippen molar-refractivity contribution in [1.29, 1.82) is 0 Å². The summed E-state index contributed by atoms with van der Waals surface area (Å²) in [5.74, 6) is 1.00. The van der Waals surface area contributed by atoms with Crippen molar-refractivity contribution in [2.45, 2.75) is 51.6 Å². The summed E-state index contributed by atoms with van der Waals surface area (Å²) in [6, 6.07) is 0.526. The molecule has 1 amide bonds. The van der Waals surface area contributed by atoms with Gasteiger partial charge in [0.2, 0.25) is 5.91 Å². The van der Waals surface area contributed by atoms with E-state index >= 15 is 0 Å². The zero-order valence-corrected chi connectivity index (χ0v) is 12.7. The molecule has 1 N–H and O–H groups in total. The number of nitrogens with zero attached hydrogens (tertiary/aromatic N) is 2. The third kappa shape index (κ3) is 3.69. The van der Waals surface area contributed by atoms with Crippen molar-refractivity contribution in [2.24, 2.45) is 5.92 Å². The monoisotopic (exact) mass is 267 g/mol. The van der Waals surface area contributed by atoms with Crippen LogP contribution in [0.5, 0.6) is 0 Å². The molecule has 0 aliphatic carbocycles. The highest BCUT2D eigenvalue weighted by molar-refractivity contribution is 5.83. The maximum Gasteiger partial charge on any atom is 0.239 e. The number of carbonyl (C=O) groups is 1. The fraction of sp³-hybridized carbons (Fsp3) is 0.933. The van der Waals surface area contributed by atoms with Crippen LogP contribution < -0.4 is 5.32 Å². The van der Waals surface area contributed by atoms with Gasteiger partial charge in [0, 0.05) is 19.6 Å². The Kier molecular flexibility index (Phi) is 5.22. The smallest absolute Gasteiger partial charge is 0.239 e. The van der Waals surface area contributed by atoms with Crippen molar-refractivity contribution in [2.75, 3.05) is 33.2 Å². The fourth-order valence-electron chi connectivity index (χ4n) is 3.42. The number of nitrogens with one attached hydrogen (secondary N) is 1. The highest BCUT2D eigenvalue weighted by Gasteiger charge is 2.32. The lowest BCUT2D eigenvalue weighted by Crippen LogP contribution is -2.47. The van der Waals surface area contributed by atoms with Crippen molar-refractivity contribution in [3.05, 3.63) is 0 Å². The van der Waals surface area contributed by atoms with Gasteiger partial charge in [0.05, 0.1) is 6.04 Å². The molecule has 19 heavy (non-hydrogen) atoms. The predicted octanol–water partition coefficient (Wildman–Crippen LogP) is 1.32. The Balaban J connectivity index is 1.75. The van der Waals surface area contributed by atoms with E-state index in [2.05, 4.69) is 24.1 Å². The minimum atomic E-state index is 0.0636. The van der Waals surface area contributed by atoms with Crippen LogP contribution in [0.15, 0.2) is 0 Å². The molecule has 0 aromatic carbocycles. The van der Waals surface area contributed by atoms with Crippen molar-refractivity contribution < 1.29 is 4.79 Å². The van der Waals surface area contributed by atoms with Gasteiger partial charge in [-0.15, -0.1) is 0 Å². The summed E-state index contributed by atoms with van der Waals surface area (Å²) in [7, 11) is 1.90. The molecule has 110 valence electrons. The highest BCUT2D eigenvalue weighted by Crippen LogP contribution is 2.22. The Morgan fingerprint density at radius 3 is 2.47 bits per heavy atom. The Hall–Kier alpha value is -0.610. The van der Waals surface area contributed by atoms with Crippen LogP contribution in [0.2, 0.25) is 0 Å². The van der Waals surface area contributed by atoms with Crippen LogP contribution in [0.4, 0.5) is 0 Å². The zero-order valence-electron chi connectivity index (χ0n) is 12.7. The van der Waals surface area contributed by atoms with E-state index in [0.717, 1.165) is 18.9 Å². The third-order valence-corrected chi connectivity index (χ3v) is 4.77. The van der Waals surface area contributed by atoms with Gasteiger partial charge >= 0.3 is 0 Å². The van der Waals surface area contributed by atoms with Gasteiger partial charge in [-0.3, -0.25) is 4.79 Å². The molecule has 2 unspecified atom stereocenters. The first kappa shape index (κ1) is 14.8. The Morgan fingerprint density at radius 2 is 1.95 bits per heavy atom. The average Bonchev–Trinajstić information content (AvgIpc) is 2.72. The molecule has 0 aromatic rings. The minimum Gasteiger partial charge on any atom is -0.344 e. The molecular formula is C15H29N3O. The Bertz CT molecular complexity index is 300. The molecule has 2 atom stereocenters. The standard InChI is InChI=1S/C15H29N3O/c1-4-8-18-10-5-13(6-11-18)12(2)16-14-7-9-17(3)15(14)19/h12-14,16H,4-11H2,1-3H3. The molecule has 0 radical (unpaired) electrons. The molecule has 2 rings (SSSR count). The van der Waals surface area contributed by atoms with Crippen LogP contribution >= 0.6 is 0 Å². The second kappa shape index (κ2) is 6.71. The van der Waals surface area contributed by atoms with Gasteiger partial charge in [-0.05, 0) is 58.2 Å². The summed E-state index contributed by atoms with van der Waals surface area (Å²) < 4.78 is 0. The first-order chi connectivity index (χ1) is 9.11. The van der Waals surface area contributed by atoms with Gasteiger partial charge in [0.15, 0.2) is 0 Å². The fourth-order valence-corrected chi connectivity index (χ4v) is 3.42. The topological polar surface area (TPSA) is 35.6 Å². The highest BCUT2D eigenvalue weighted by atomic mass is 16.2. The van der Waals surface area contributed by atoms with E-state index in [4.69, 9.17) is 0 Å². The molecule has 0 saturated carbocycles. The number of hydrogen-bond acceptors (Lipinski definition) is 3. The molecule has 2 fully saturated rings. The molecular weight excluding hydrogens is 238 g/mol. The molecule has 0 bridgehead atoms. The lowest BCUT2D eigenvalue weighted by atomic mass is 9.89. The van der Waals surface area contributed by atoms with E-state index in [1.54, 1.807) is 0 Å². The Morgan fingerprint density at radius 1 is 1.26 bits per heavy atom. The van der Waals surface area contributed by atoms with Crippen LogP contribution in [-0.4, -0.2) is 61.0 Å². The first-order valence-corrected chi connectivity index (χ1v) is 7.85. The van der Waals surface area contributed by atoms with E-state index in [1.807, 2.05) is 11.9 Å². The van der Waals surface area contributed by atoms with Gasteiger partial charge in [-0.1, -0.05) is 6.92 Å². The van der Waals surface area contributed by atoms with Crippen molar-refractivity contribution in [1.82, 2.24) is 15.1 Å². The second-order valence-corrected chi connectivity index (χ2v) is 6.24. The minimum absolute atomic E-state index is 0.0636. The largest absolute Gasteiger partial charge is 0.344 e. The summed E-state index contributed by atoms with van der Waals surface area (Å²) in [6.07, 6.45) is 4.76. The molecule has 0 aromatic heterocycles. The summed E-state index contributed by atoms with van der Waals surface area (Å²) >= 11 is 0. The Labute approximate surface area is 117 Å².